The van der Waals surface area contributed by atoms with Crippen LogP contribution in [0, 0.1) is 11.3 Å². The first kappa shape index (κ1) is 12.4. The normalized spacial score (nSPS) is 10.2. The molecule has 98 valence electrons. The van der Waals surface area contributed by atoms with Gasteiger partial charge in [0.25, 0.3) is 5.89 Å². The van der Waals surface area contributed by atoms with E-state index in [1.807, 2.05) is 16.8 Å². The molecule has 3 rings (SSSR count). The fourth-order valence-electron chi connectivity index (χ4n) is 1.65. The van der Waals surface area contributed by atoms with Gasteiger partial charge in [0.15, 0.2) is 6.61 Å². The van der Waals surface area contributed by atoms with Crippen LogP contribution in [0.3, 0.4) is 0 Å². The Kier molecular flexibility index (Phi) is 3.44. The minimum Gasteiger partial charge on any atom is -0.482 e. The Hall–Kier alpha value is -2.65. The Bertz CT molecular complexity index is 744. The maximum atomic E-state index is 8.96. The fourth-order valence-corrected chi connectivity index (χ4v) is 2.28. The van der Waals surface area contributed by atoms with E-state index in [1.165, 1.54) is 0 Å². The van der Waals surface area contributed by atoms with Gasteiger partial charge in [-0.2, -0.15) is 21.6 Å². The highest BCUT2D eigenvalue weighted by Gasteiger charge is 2.10. The third kappa shape index (κ3) is 2.53. The van der Waals surface area contributed by atoms with Crippen molar-refractivity contribution in [1.82, 2.24) is 10.1 Å². The summed E-state index contributed by atoms with van der Waals surface area (Å²) in [6.07, 6.45) is 0. The highest BCUT2D eigenvalue weighted by molar-refractivity contribution is 7.08. The first-order chi connectivity index (χ1) is 9.86. The first-order valence-electron chi connectivity index (χ1n) is 5.84. The monoisotopic (exact) mass is 283 g/mol. The standard InChI is InChI=1S/C14H9N3O2S/c15-7-10-3-1-2-4-12(10)18-8-13-16-14(17-19-13)11-5-6-20-9-11/h1-6,9H,8H2. The largest absolute Gasteiger partial charge is 0.482 e. The van der Waals surface area contributed by atoms with Gasteiger partial charge in [-0.25, -0.2) is 0 Å². The minimum absolute atomic E-state index is 0.135. The van der Waals surface area contributed by atoms with Gasteiger partial charge in [-0.15, -0.1) is 0 Å². The lowest BCUT2D eigenvalue weighted by molar-refractivity contribution is 0.242. The summed E-state index contributed by atoms with van der Waals surface area (Å²) in [5.74, 6) is 1.42. The van der Waals surface area contributed by atoms with E-state index in [9.17, 15) is 0 Å². The summed E-state index contributed by atoms with van der Waals surface area (Å²) in [5, 5.41) is 16.7. The Morgan fingerprint density at radius 2 is 2.20 bits per heavy atom. The summed E-state index contributed by atoms with van der Waals surface area (Å²) in [6.45, 7) is 0.135. The van der Waals surface area contributed by atoms with Crippen LogP contribution in [-0.2, 0) is 6.61 Å². The number of thiophene rings is 1. The van der Waals surface area contributed by atoms with Crippen LogP contribution >= 0.6 is 11.3 Å². The quantitative estimate of drug-likeness (QED) is 0.735. The van der Waals surface area contributed by atoms with Crippen LogP contribution in [0.4, 0.5) is 0 Å². The SMILES string of the molecule is N#Cc1ccccc1OCc1nc(-c2ccsc2)no1. The van der Waals surface area contributed by atoms with E-state index in [2.05, 4.69) is 16.2 Å². The molecule has 0 spiro atoms. The van der Waals surface area contributed by atoms with E-state index in [4.69, 9.17) is 14.5 Å². The molecule has 0 saturated heterocycles. The van der Waals surface area contributed by atoms with Crippen molar-refractivity contribution < 1.29 is 9.26 Å². The number of para-hydroxylation sites is 1. The van der Waals surface area contributed by atoms with E-state index in [0.29, 0.717) is 23.0 Å². The predicted molar refractivity (Wildman–Crippen MR) is 73.1 cm³/mol. The summed E-state index contributed by atoms with van der Waals surface area (Å²) in [4.78, 5) is 4.24. The average Bonchev–Trinajstić information content (AvgIpc) is 3.16. The molecule has 0 amide bonds. The van der Waals surface area contributed by atoms with E-state index < -0.39 is 0 Å². The van der Waals surface area contributed by atoms with Crippen molar-refractivity contribution in [3.63, 3.8) is 0 Å². The molecule has 5 nitrogen and oxygen atoms in total. The molecule has 3 aromatic rings. The minimum atomic E-state index is 0.135. The zero-order chi connectivity index (χ0) is 13.8. The maximum absolute atomic E-state index is 8.96. The third-order valence-corrected chi connectivity index (χ3v) is 3.29. The number of benzene rings is 1. The van der Waals surface area contributed by atoms with Gasteiger partial charge in [0.05, 0.1) is 5.56 Å². The molecular formula is C14H9N3O2S. The molecule has 0 fully saturated rings. The maximum Gasteiger partial charge on any atom is 0.264 e. The summed E-state index contributed by atoms with van der Waals surface area (Å²) in [6, 6.07) is 11.0. The number of aromatic nitrogens is 2. The molecule has 0 radical (unpaired) electrons. The van der Waals surface area contributed by atoms with Crippen molar-refractivity contribution in [2.45, 2.75) is 6.61 Å². The van der Waals surface area contributed by atoms with Gasteiger partial charge in [-0.05, 0) is 23.6 Å². The highest BCUT2D eigenvalue weighted by Crippen LogP contribution is 2.20. The molecule has 0 saturated carbocycles. The smallest absolute Gasteiger partial charge is 0.264 e. The molecule has 2 aromatic heterocycles. The lowest BCUT2D eigenvalue weighted by atomic mass is 10.2. The van der Waals surface area contributed by atoms with Crippen LogP contribution in [0.25, 0.3) is 11.4 Å². The number of hydrogen-bond donors (Lipinski definition) is 0. The second kappa shape index (κ2) is 5.55. The van der Waals surface area contributed by atoms with Gasteiger partial charge in [0, 0.05) is 10.9 Å². The van der Waals surface area contributed by atoms with E-state index >= 15 is 0 Å². The molecule has 0 aliphatic rings. The van der Waals surface area contributed by atoms with Crippen molar-refractivity contribution in [2.75, 3.05) is 0 Å². The van der Waals surface area contributed by atoms with Gasteiger partial charge in [-0.1, -0.05) is 17.3 Å². The highest BCUT2D eigenvalue weighted by atomic mass is 32.1. The summed E-state index contributed by atoms with van der Waals surface area (Å²) >= 11 is 1.57. The summed E-state index contributed by atoms with van der Waals surface area (Å²) in [7, 11) is 0. The second-order valence-electron chi connectivity index (χ2n) is 3.92. The van der Waals surface area contributed by atoms with E-state index in [0.717, 1.165) is 5.56 Å². The Balaban J connectivity index is 1.72. The van der Waals surface area contributed by atoms with Crippen molar-refractivity contribution in [1.29, 1.82) is 5.26 Å². The zero-order valence-corrected chi connectivity index (χ0v) is 11.1. The fraction of sp³-hybridized carbons (Fsp3) is 0.0714. The second-order valence-corrected chi connectivity index (χ2v) is 4.70. The summed E-state index contributed by atoms with van der Waals surface area (Å²) in [5.41, 5.74) is 1.40. The molecule has 1 aromatic carbocycles. The molecule has 6 heteroatoms. The average molecular weight is 283 g/mol. The van der Waals surface area contributed by atoms with E-state index in [-0.39, 0.29) is 6.61 Å². The van der Waals surface area contributed by atoms with Crippen molar-refractivity contribution in [3.05, 3.63) is 52.5 Å². The van der Waals surface area contributed by atoms with Crippen molar-refractivity contribution >= 4 is 11.3 Å². The number of nitriles is 1. The third-order valence-electron chi connectivity index (χ3n) is 2.61. The molecule has 0 N–H and O–H groups in total. The van der Waals surface area contributed by atoms with Crippen molar-refractivity contribution in [2.24, 2.45) is 0 Å². The van der Waals surface area contributed by atoms with Crippen LogP contribution in [0.5, 0.6) is 5.75 Å². The van der Waals surface area contributed by atoms with Crippen LogP contribution < -0.4 is 4.74 Å². The van der Waals surface area contributed by atoms with Gasteiger partial charge in [0.1, 0.15) is 11.8 Å². The van der Waals surface area contributed by atoms with Crippen LogP contribution in [-0.4, -0.2) is 10.1 Å². The molecule has 0 bridgehead atoms. The molecular weight excluding hydrogens is 274 g/mol. The van der Waals surface area contributed by atoms with Gasteiger partial charge in [0.2, 0.25) is 5.82 Å². The molecule has 0 aliphatic heterocycles. The zero-order valence-electron chi connectivity index (χ0n) is 10.3. The lowest BCUT2D eigenvalue weighted by Crippen LogP contribution is -1.97. The molecule has 0 aliphatic carbocycles. The van der Waals surface area contributed by atoms with E-state index in [1.54, 1.807) is 35.6 Å². The lowest BCUT2D eigenvalue weighted by Gasteiger charge is -2.03. The Labute approximate surface area is 119 Å². The number of ether oxygens (including phenoxy) is 1. The first-order valence-corrected chi connectivity index (χ1v) is 6.78. The number of nitrogens with zero attached hydrogens (tertiary/aromatic N) is 3. The van der Waals surface area contributed by atoms with Crippen LogP contribution in [0.15, 0.2) is 45.6 Å². The molecule has 2 heterocycles. The van der Waals surface area contributed by atoms with Gasteiger partial charge in [-0.3, -0.25) is 0 Å². The van der Waals surface area contributed by atoms with Crippen LogP contribution in [0.2, 0.25) is 0 Å². The Morgan fingerprint density at radius 1 is 1.30 bits per heavy atom. The van der Waals surface area contributed by atoms with Gasteiger partial charge < -0.3 is 9.26 Å². The molecule has 0 atom stereocenters. The van der Waals surface area contributed by atoms with Crippen LogP contribution in [0.1, 0.15) is 11.5 Å². The molecule has 0 unspecified atom stereocenters. The topological polar surface area (TPSA) is 71.9 Å². The number of rotatable bonds is 4. The predicted octanol–water partition coefficient (Wildman–Crippen LogP) is 3.25. The summed E-state index contributed by atoms with van der Waals surface area (Å²) < 4.78 is 10.6. The Morgan fingerprint density at radius 3 is 3.00 bits per heavy atom. The van der Waals surface area contributed by atoms with Crippen molar-refractivity contribution in [3.8, 4) is 23.2 Å². The van der Waals surface area contributed by atoms with Gasteiger partial charge >= 0.3 is 0 Å². The number of hydrogen-bond acceptors (Lipinski definition) is 6. The molecule has 20 heavy (non-hydrogen) atoms.